The van der Waals surface area contributed by atoms with E-state index in [1.54, 1.807) is 0 Å². The molecule has 0 aliphatic heterocycles. The zero-order valence-electron chi connectivity index (χ0n) is 9.30. The van der Waals surface area contributed by atoms with Crippen molar-refractivity contribution in [3.05, 3.63) is 20.8 Å². The summed E-state index contributed by atoms with van der Waals surface area (Å²) in [5.74, 6) is 0.194. The number of nitrogens with zero attached hydrogens (tertiary/aromatic N) is 1. The van der Waals surface area contributed by atoms with Gasteiger partial charge in [-0.25, -0.2) is 9.89 Å². The van der Waals surface area contributed by atoms with E-state index in [2.05, 4.69) is 27.4 Å². The highest BCUT2D eigenvalue weighted by molar-refractivity contribution is 5.29. The van der Waals surface area contributed by atoms with Gasteiger partial charge in [0.2, 0.25) is 5.82 Å². The van der Waals surface area contributed by atoms with Crippen LogP contribution in [-0.4, -0.2) is 21.7 Å². The van der Waals surface area contributed by atoms with Gasteiger partial charge in [-0.15, -0.1) is 5.10 Å². The molecular formula is C10H16N4O2. The highest BCUT2D eigenvalue weighted by atomic mass is 16.2. The van der Waals surface area contributed by atoms with Crippen LogP contribution in [0.5, 0.6) is 0 Å². The van der Waals surface area contributed by atoms with Crippen LogP contribution in [0.2, 0.25) is 0 Å². The molecular weight excluding hydrogens is 208 g/mol. The van der Waals surface area contributed by atoms with Crippen LogP contribution in [0.1, 0.15) is 32.6 Å². The molecule has 0 spiro atoms. The molecule has 1 aromatic heterocycles. The molecule has 0 saturated heterocycles. The van der Waals surface area contributed by atoms with Crippen molar-refractivity contribution in [2.24, 2.45) is 5.41 Å². The van der Waals surface area contributed by atoms with Crippen LogP contribution in [0.4, 0.5) is 5.82 Å². The van der Waals surface area contributed by atoms with Gasteiger partial charge in [-0.2, -0.15) is 0 Å². The van der Waals surface area contributed by atoms with Crippen LogP contribution in [0.15, 0.2) is 9.59 Å². The summed E-state index contributed by atoms with van der Waals surface area (Å²) in [6.07, 6.45) is 4.74. The standard InChI is InChI=1S/C10H16N4O2/c1-2-10(4-3-5-10)6-11-7-8(15)12-9(16)14-13-7/h2-6H2,1H3,(H,11,13)(H2,12,14,15,16). The highest BCUT2D eigenvalue weighted by Crippen LogP contribution is 2.43. The summed E-state index contributed by atoms with van der Waals surface area (Å²) in [6, 6.07) is 0. The second-order valence-corrected chi connectivity index (χ2v) is 4.42. The average Bonchev–Trinajstić information content (AvgIpc) is 2.19. The molecule has 0 amide bonds. The van der Waals surface area contributed by atoms with Crippen LogP contribution >= 0.6 is 0 Å². The minimum atomic E-state index is -0.579. The van der Waals surface area contributed by atoms with Gasteiger partial charge in [0, 0.05) is 6.54 Å². The maximum absolute atomic E-state index is 11.4. The lowest BCUT2D eigenvalue weighted by atomic mass is 9.67. The maximum atomic E-state index is 11.4. The molecule has 1 fully saturated rings. The number of H-pyrrole nitrogens is 2. The summed E-state index contributed by atoms with van der Waals surface area (Å²) < 4.78 is 0. The number of hydrogen-bond donors (Lipinski definition) is 3. The molecule has 2 rings (SSSR count). The Kier molecular flexibility index (Phi) is 2.80. The van der Waals surface area contributed by atoms with E-state index in [0.717, 1.165) is 13.0 Å². The molecule has 3 N–H and O–H groups in total. The Bertz CT molecular complexity index is 467. The molecule has 0 aromatic carbocycles. The van der Waals surface area contributed by atoms with Gasteiger partial charge in [0.1, 0.15) is 0 Å². The highest BCUT2D eigenvalue weighted by Gasteiger charge is 2.34. The average molecular weight is 224 g/mol. The van der Waals surface area contributed by atoms with Crippen molar-refractivity contribution in [3.63, 3.8) is 0 Å². The van der Waals surface area contributed by atoms with Crippen molar-refractivity contribution in [1.29, 1.82) is 0 Å². The number of nitrogens with one attached hydrogen (secondary N) is 3. The maximum Gasteiger partial charge on any atom is 0.342 e. The minimum absolute atomic E-state index is 0.194. The van der Waals surface area contributed by atoms with Crippen LogP contribution in [0.3, 0.4) is 0 Å². The first kappa shape index (κ1) is 10.9. The molecule has 88 valence electrons. The van der Waals surface area contributed by atoms with E-state index in [1.807, 2.05) is 0 Å². The molecule has 6 nitrogen and oxygen atoms in total. The van der Waals surface area contributed by atoms with Crippen molar-refractivity contribution >= 4 is 5.82 Å². The van der Waals surface area contributed by atoms with E-state index >= 15 is 0 Å². The van der Waals surface area contributed by atoms with E-state index in [9.17, 15) is 9.59 Å². The van der Waals surface area contributed by atoms with Crippen LogP contribution < -0.4 is 16.6 Å². The number of aromatic nitrogens is 3. The molecule has 1 heterocycles. The fraction of sp³-hybridized carbons (Fsp3) is 0.700. The second-order valence-electron chi connectivity index (χ2n) is 4.42. The second kappa shape index (κ2) is 4.11. The molecule has 6 heteroatoms. The quantitative estimate of drug-likeness (QED) is 0.692. The third-order valence-electron chi connectivity index (χ3n) is 3.51. The summed E-state index contributed by atoms with van der Waals surface area (Å²) in [4.78, 5) is 24.3. The Morgan fingerprint density at radius 2 is 2.19 bits per heavy atom. The number of rotatable bonds is 4. The minimum Gasteiger partial charge on any atom is -0.363 e. The summed E-state index contributed by atoms with van der Waals surface area (Å²) in [5, 5.41) is 8.90. The van der Waals surface area contributed by atoms with Crippen molar-refractivity contribution in [1.82, 2.24) is 15.2 Å². The Balaban J connectivity index is 2.04. The van der Waals surface area contributed by atoms with Crippen LogP contribution in [0, 0.1) is 5.41 Å². The topological polar surface area (TPSA) is 90.6 Å². The molecule has 0 radical (unpaired) electrons. The first-order valence-electron chi connectivity index (χ1n) is 5.58. The lowest BCUT2D eigenvalue weighted by molar-refractivity contribution is 0.145. The van der Waals surface area contributed by atoms with E-state index in [-0.39, 0.29) is 5.82 Å². The Hall–Kier alpha value is -1.59. The number of anilines is 1. The molecule has 1 aliphatic rings. The van der Waals surface area contributed by atoms with Gasteiger partial charge in [-0.3, -0.25) is 9.78 Å². The lowest BCUT2D eigenvalue weighted by Crippen LogP contribution is -2.38. The van der Waals surface area contributed by atoms with E-state index in [0.29, 0.717) is 5.41 Å². The summed E-state index contributed by atoms with van der Waals surface area (Å²) in [5.41, 5.74) is -0.733. The van der Waals surface area contributed by atoms with E-state index in [4.69, 9.17) is 0 Å². The van der Waals surface area contributed by atoms with E-state index < -0.39 is 11.2 Å². The first-order chi connectivity index (χ1) is 7.65. The third-order valence-corrected chi connectivity index (χ3v) is 3.51. The molecule has 0 unspecified atom stereocenters. The van der Waals surface area contributed by atoms with Gasteiger partial charge in [0.15, 0.2) is 0 Å². The van der Waals surface area contributed by atoms with Gasteiger partial charge in [0.05, 0.1) is 0 Å². The third kappa shape index (κ3) is 2.00. The normalized spacial score (nSPS) is 17.8. The van der Waals surface area contributed by atoms with Crippen molar-refractivity contribution in [3.8, 4) is 0 Å². The fourth-order valence-corrected chi connectivity index (χ4v) is 2.07. The molecule has 0 bridgehead atoms. The zero-order chi connectivity index (χ0) is 11.6. The summed E-state index contributed by atoms with van der Waals surface area (Å²) in [6.45, 7) is 2.90. The Labute approximate surface area is 92.5 Å². The number of hydrogen-bond acceptors (Lipinski definition) is 4. The monoisotopic (exact) mass is 224 g/mol. The Morgan fingerprint density at radius 1 is 1.44 bits per heavy atom. The van der Waals surface area contributed by atoms with Crippen molar-refractivity contribution in [2.45, 2.75) is 32.6 Å². The molecule has 1 saturated carbocycles. The van der Waals surface area contributed by atoms with Crippen molar-refractivity contribution in [2.75, 3.05) is 11.9 Å². The summed E-state index contributed by atoms with van der Waals surface area (Å²) in [7, 11) is 0. The summed E-state index contributed by atoms with van der Waals surface area (Å²) >= 11 is 0. The Morgan fingerprint density at radius 3 is 2.69 bits per heavy atom. The first-order valence-corrected chi connectivity index (χ1v) is 5.58. The predicted octanol–water partition coefficient (Wildman–Crippen LogP) is 0.450. The van der Waals surface area contributed by atoms with Gasteiger partial charge >= 0.3 is 5.69 Å². The van der Waals surface area contributed by atoms with Gasteiger partial charge in [-0.1, -0.05) is 13.3 Å². The number of aromatic amines is 2. The molecule has 0 atom stereocenters. The van der Waals surface area contributed by atoms with Crippen LogP contribution in [0.25, 0.3) is 0 Å². The smallest absolute Gasteiger partial charge is 0.342 e. The lowest BCUT2D eigenvalue weighted by Gasteiger charge is -2.41. The van der Waals surface area contributed by atoms with Gasteiger partial charge in [0.25, 0.3) is 5.56 Å². The fourth-order valence-electron chi connectivity index (χ4n) is 2.07. The predicted molar refractivity (Wildman–Crippen MR) is 60.5 cm³/mol. The van der Waals surface area contributed by atoms with Crippen LogP contribution in [-0.2, 0) is 0 Å². The van der Waals surface area contributed by atoms with Gasteiger partial charge in [-0.05, 0) is 24.7 Å². The molecule has 1 aliphatic carbocycles. The largest absolute Gasteiger partial charge is 0.363 e. The SMILES string of the molecule is CCC1(CNc2n[nH]c(=O)[nH]c2=O)CCC1. The zero-order valence-corrected chi connectivity index (χ0v) is 9.30. The molecule has 16 heavy (non-hydrogen) atoms. The van der Waals surface area contributed by atoms with Crippen molar-refractivity contribution < 1.29 is 0 Å². The molecule has 1 aromatic rings. The van der Waals surface area contributed by atoms with Gasteiger partial charge < -0.3 is 5.32 Å². The van der Waals surface area contributed by atoms with E-state index in [1.165, 1.54) is 19.3 Å².